The topological polar surface area (TPSA) is 26.0 Å². The second kappa shape index (κ2) is 2.91. The number of fused-ring (bicyclic) bond motifs is 1. The summed E-state index contributed by atoms with van der Waals surface area (Å²) in [5.74, 6) is 0. The second-order valence-corrected chi connectivity index (χ2v) is 4.54. The zero-order valence-corrected chi connectivity index (χ0v) is 9.13. The van der Waals surface area contributed by atoms with Gasteiger partial charge in [-0.15, -0.1) is 11.3 Å². The van der Waals surface area contributed by atoms with Gasteiger partial charge in [0, 0.05) is 15.8 Å². The molecule has 0 aliphatic rings. The van der Waals surface area contributed by atoms with E-state index in [2.05, 4.69) is 15.9 Å². The highest BCUT2D eigenvalue weighted by Crippen LogP contribution is 2.37. The molecule has 0 saturated heterocycles. The Bertz CT molecular complexity index is 438. The maximum Gasteiger partial charge on any atom is 0.0655 e. The first-order valence-corrected chi connectivity index (χ1v) is 5.36. The monoisotopic (exact) mass is 261 g/mol. The average Bonchev–Trinajstić information content (AvgIpc) is 2.48. The van der Waals surface area contributed by atoms with E-state index in [1.54, 1.807) is 11.3 Å². The molecule has 62 valence electrons. The van der Waals surface area contributed by atoms with Crippen molar-refractivity contribution in [2.45, 2.75) is 0 Å². The molecule has 0 bridgehead atoms. The van der Waals surface area contributed by atoms with Gasteiger partial charge in [0.15, 0.2) is 0 Å². The van der Waals surface area contributed by atoms with Gasteiger partial charge in [-0.3, -0.25) is 0 Å². The predicted octanol–water partition coefficient (Wildman–Crippen LogP) is 3.90. The fourth-order valence-corrected chi connectivity index (χ4v) is 2.56. The SMILES string of the molecule is Nc1cc2sccc2c(Cl)c1Br. The molecule has 0 aliphatic carbocycles. The Labute approximate surface area is 87.3 Å². The van der Waals surface area contributed by atoms with Crippen molar-refractivity contribution in [1.82, 2.24) is 0 Å². The van der Waals surface area contributed by atoms with Crippen molar-refractivity contribution in [1.29, 1.82) is 0 Å². The fourth-order valence-electron chi connectivity index (χ4n) is 1.06. The summed E-state index contributed by atoms with van der Waals surface area (Å²) in [6.45, 7) is 0. The Morgan fingerprint density at radius 3 is 3.00 bits per heavy atom. The molecule has 2 N–H and O–H groups in total. The zero-order chi connectivity index (χ0) is 8.72. The third kappa shape index (κ3) is 1.13. The maximum absolute atomic E-state index is 6.05. The molecule has 2 aromatic rings. The van der Waals surface area contributed by atoms with Crippen LogP contribution in [0.5, 0.6) is 0 Å². The van der Waals surface area contributed by atoms with E-state index in [9.17, 15) is 0 Å². The van der Waals surface area contributed by atoms with Crippen LogP contribution in [0.2, 0.25) is 5.02 Å². The summed E-state index contributed by atoms with van der Waals surface area (Å²) >= 11 is 11.0. The van der Waals surface area contributed by atoms with E-state index in [1.807, 2.05) is 17.5 Å². The van der Waals surface area contributed by atoms with Crippen LogP contribution in [0.3, 0.4) is 0 Å². The van der Waals surface area contributed by atoms with E-state index in [0.29, 0.717) is 10.7 Å². The number of nitrogens with two attached hydrogens (primary N) is 1. The van der Waals surface area contributed by atoms with Crippen LogP contribution >= 0.6 is 38.9 Å². The van der Waals surface area contributed by atoms with Gasteiger partial charge in [0.25, 0.3) is 0 Å². The highest BCUT2D eigenvalue weighted by atomic mass is 79.9. The van der Waals surface area contributed by atoms with E-state index in [0.717, 1.165) is 14.6 Å². The highest BCUT2D eigenvalue weighted by Gasteiger charge is 2.07. The molecule has 0 amide bonds. The number of anilines is 1. The molecule has 0 atom stereocenters. The van der Waals surface area contributed by atoms with Crippen LogP contribution in [0, 0.1) is 0 Å². The minimum atomic E-state index is 0.690. The predicted molar refractivity (Wildman–Crippen MR) is 58.9 cm³/mol. The van der Waals surface area contributed by atoms with Crippen molar-refractivity contribution in [2.75, 3.05) is 5.73 Å². The number of hydrogen-bond acceptors (Lipinski definition) is 2. The largest absolute Gasteiger partial charge is 0.398 e. The van der Waals surface area contributed by atoms with Crippen LogP contribution in [-0.4, -0.2) is 0 Å². The Morgan fingerprint density at radius 2 is 2.25 bits per heavy atom. The van der Waals surface area contributed by atoms with Crippen molar-refractivity contribution in [3.05, 3.63) is 27.0 Å². The van der Waals surface area contributed by atoms with Gasteiger partial charge < -0.3 is 5.73 Å². The van der Waals surface area contributed by atoms with Crippen molar-refractivity contribution in [2.24, 2.45) is 0 Å². The van der Waals surface area contributed by atoms with Crippen LogP contribution in [0.25, 0.3) is 10.1 Å². The number of nitrogen functional groups attached to an aromatic ring is 1. The van der Waals surface area contributed by atoms with Crippen LogP contribution in [0.4, 0.5) is 5.69 Å². The molecule has 12 heavy (non-hydrogen) atoms. The first-order valence-electron chi connectivity index (χ1n) is 3.31. The fraction of sp³-hybridized carbons (Fsp3) is 0. The normalized spacial score (nSPS) is 10.8. The summed E-state index contributed by atoms with van der Waals surface area (Å²) in [7, 11) is 0. The summed E-state index contributed by atoms with van der Waals surface area (Å²) in [6, 6.07) is 3.92. The van der Waals surface area contributed by atoms with Crippen LogP contribution in [0.15, 0.2) is 22.0 Å². The Morgan fingerprint density at radius 1 is 1.50 bits per heavy atom. The minimum Gasteiger partial charge on any atom is -0.398 e. The number of rotatable bonds is 0. The van der Waals surface area contributed by atoms with Crippen molar-refractivity contribution >= 4 is 54.6 Å². The lowest BCUT2D eigenvalue weighted by atomic mass is 10.2. The third-order valence-corrected chi connectivity index (χ3v) is 4.00. The summed E-state index contributed by atoms with van der Waals surface area (Å²) in [5.41, 5.74) is 6.41. The standard InChI is InChI=1S/C8H5BrClNS/c9-7-5(11)3-6-4(8(7)10)1-2-12-6/h1-3H,11H2. The number of benzene rings is 1. The molecule has 1 heterocycles. The van der Waals surface area contributed by atoms with E-state index in [-0.39, 0.29) is 0 Å². The van der Waals surface area contributed by atoms with Gasteiger partial charge in [-0.25, -0.2) is 0 Å². The molecule has 1 nitrogen and oxygen atoms in total. The smallest absolute Gasteiger partial charge is 0.0655 e. The molecule has 1 aromatic carbocycles. The van der Waals surface area contributed by atoms with Crippen molar-refractivity contribution < 1.29 is 0 Å². The number of thiophene rings is 1. The van der Waals surface area contributed by atoms with Gasteiger partial charge in [0.2, 0.25) is 0 Å². The van der Waals surface area contributed by atoms with Crippen LogP contribution < -0.4 is 5.73 Å². The molecular weight excluding hydrogens is 258 g/mol. The summed E-state index contributed by atoms with van der Waals surface area (Å²) in [6.07, 6.45) is 0. The van der Waals surface area contributed by atoms with Gasteiger partial charge in [-0.2, -0.15) is 0 Å². The van der Waals surface area contributed by atoms with E-state index < -0.39 is 0 Å². The summed E-state index contributed by atoms with van der Waals surface area (Å²) in [4.78, 5) is 0. The molecule has 2 rings (SSSR count). The maximum atomic E-state index is 6.05. The Balaban J connectivity index is 2.94. The highest BCUT2D eigenvalue weighted by molar-refractivity contribution is 9.10. The molecule has 0 radical (unpaired) electrons. The van der Waals surface area contributed by atoms with Gasteiger partial charge in [-0.05, 0) is 33.4 Å². The van der Waals surface area contributed by atoms with E-state index in [4.69, 9.17) is 17.3 Å². The van der Waals surface area contributed by atoms with Gasteiger partial charge >= 0.3 is 0 Å². The van der Waals surface area contributed by atoms with E-state index >= 15 is 0 Å². The van der Waals surface area contributed by atoms with Gasteiger partial charge in [0.05, 0.1) is 9.50 Å². The molecule has 0 saturated carbocycles. The lowest BCUT2D eigenvalue weighted by Crippen LogP contribution is -1.86. The third-order valence-electron chi connectivity index (χ3n) is 1.66. The quantitative estimate of drug-likeness (QED) is 0.716. The van der Waals surface area contributed by atoms with Gasteiger partial charge in [-0.1, -0.05) is 11.6 Å². The zero-order valence-electron chi connectivity index (χ0n) is 5.97. The molecule has 4 heteroatoms. The average molecular weight is 263 g/mol. The van der Waals surface area contributed by atoms with Crippen molar-refractivity contribution in [3.8, 4) is 0 Å². The molecule has 1 aromatic heterocycles. The minimum absolute atomic E-state index is 0.690. The number of hydrogen-bond donors (Lipinski definition) is 1. The van der Waals surface area contributed by atoms with E-state index in [1.165, 1.54) is 0 Å². The Kier molecular flexibility index (Phi) is 2.02. The summed E-state index contributed by atoms with van der Waals surface area (Å²) in [5, 5.41) is 3.76. The number of halogens is 2. The molecule has 0 aliphatic heterocycles. The molecule has 0 spiro atoms. The lowest BCUT2D eigenvalue weighted by Gasteiger charge is -2.01. The summed E-state index contributed by atoms with van der Waals surface area (Å²) < 4.78 is 1.91. The molecular formula is C8H5BrClNS. The molecule has 0 fully saturated rings. The van der Waals surface area contributed by atoms with Gasteiger partial charge in [0.1, 0.15) is 0 Å². The van der Waals surface area contributed by atoms with Crippen molar-refractivity contribution in [3.63, 3.8) is 0 Å². The molecule has 0 unspecified atom stereocenters. The van der Waals surface area contributed by atoms with Crippen LogP contribution in [-0.2, 0) is 0 Å². The Hall–Kier alpha value is -0.250. The second-order valence-electron chi connectivity index (χ2n) is 2.43. The lowest BCUT2D eigenvalue weighted by molar-refractivity contribution is 1.72. The first kappa shape index (κ1) is 8.35. The van der Waals surface area contributed by atoms with Crippen LogP contribution in [0.1, 0.15) is 0 Å². The first-order chi connectivity index (χ1) is 5.70.